The second kappa shape index (κ2) is 4.84. The number of hydrogen-bond acceptors (Lipinski definition) is 2. The Bertz CT molecular complexity index is 98.6. The smallest absolute Gasteiger partial charge is 0.302 e. The molecule has 0 aliphatic carbocycles. The van der Waals surface area contributed by atoms with Crippen LogP contribution in [0.5, 0.6) is 0 Å². The molecule has 0 atom stereocenters. The topological polar surface area (TPSA) is 26.3 Å². The maximum atomic E-state index is 10.0. The van der Waals surface area contributed by atoms with Crippen molar-refractivity contribution in [3.63, 3.8) is 0 Å². The van der Waals surface area contributed by atoms with Crippen LogP contribution in [0.3, 0.4) is 0 Å². The Hall–Kier alpha value is -0.310. The van der Waals surface area contributed by atoms with Gasteiger partial charge in [0.1, 0.15) is 6.61 Å². The molecular weight excluding hydrogens is 172 g/mol. The van der Waals surface area contributed by atoms with Crippen LogP contribution >= 0.6 is 15.9 Å². The normalized spacial score (nSPS) is 9.75. The van der Waals surface area contributed by atoms with Crippen LogP contribution in [-0.2, 0) is 9.53 Å². The standard InChI is InChI=1S/C5H7BrO2/c1-5(7)8-4-2-3-6/h2-3H,4H2,1H3/b3-2-. The maximum Gasteiger partial charge on any atom is 0.302 e. The molecule has 0 aliphatic heterocycles. The summed E-state index contributed by atoms with van der Waals surface area (Å²) in [6.07, 6.45) is 1.70. The monoisotopic (exact) mass is 178 g/mol. The summed E-state index contributed by atoms with van der Waals surface area (Å²) in [5.74, 6) is -0.254. The van der Waals surface area contributed by atoms with E-state index in [9.17, 15) is 4.79 Å². The molecule has 46 valence electrons. The van der Waals surface area contributed by atoms with E-state index in [-0.39, 0.29) is 5.97 Å². The number of esters is 1. The number of halogens is 1. The Morgan fingerprint density at radius 1 is 1.88 bits per heavy atom. The van der Waals surface area contributed by atoms with Crippen molar-refractivity contribution in [3.05, 3.63) is 11.1 Å². The summed E-state index contributed by atoms with van der Waals surface area (Å²) in [7, 11) is 0. The maximum absolute atomic E-state index is 10.0. The lowest BCUT2D eigenvalue weighted by atomic mass is 10.7. The summed E-state index contributed by atoms with van der Waals surface area (Å²) >= 11 is 3.03. The van der Waals surface area contributed by atoms with Crippen molar-refractivity contribution < 1.29 is 9.53 Å². The van der Waals surface area contributed by atoms with E-state index in [0.717, 1.165) is 0 Å². The van der Waals surface area contributed by atoms with Crippen LogP contribution in [0.4, 0.5) is 0 Å². The zero-order chi connectivity index (χ0) is 6.41. The molecule has 0 rings (SSSR count). The molecule has 0 N–H and O–H groups in total. The SMILES string of the molecule is CC(=O)OC/C=C\Br. The van der Waals surface area contributed by atoms with E-state index < -0.39 is 0 Å². The minimum atomic E-state index is -0.254. The van der Waals surface area contributed by atoms with E-state index in [0.29, 0.717) is 6.61 Å². The van der Waals surface area contributed by atoms with E-state index in [4.69, 9.17) is 0 Å². The summed E-state index contributed by atoms with van der Waals surface area (Å²) in [5, 5.41) is 0. The predicted molar refractivity (Wildman–Crippen MR) is 34.7 cm³/mol. The van der Waals surface area contributed by atoms with Crippen LogP contribution < -0.4 is 0 Å². The first-order valence-electron chi connectivity index (χ1n) is 2.16. The highest BCUT2D eigenvalue weighted by Gasteiger charge is 1.84. The lowest BCUT2D eigenvalue weighted by molar-refractivity contribution is -0.139. The summed E-state index contributed by atoms with van der Waals surface area (Å²) in [6, 6.07) is 0. The molecule has 3 heteroatoms. The Morgan fingerprint density at radius 3 is 2.88 bits per heavy atom. The van der Waals surface area contributed by atoms with Gasteiger partial charge in [0, 0.05) is 6.92 Å². The van der Waals surface area contributed by atoms with Gasteiger partial charge in [0.25, 0.3) is 0 Å². The van der Waals surface area contributed by atoms with Crippen molar-refractivity contribution in [1.82, 2.24) is 0 Å². The average molecular weight is 179 g/mol. The zero-order valence-corrected chi connectivity index (χ0v) is 6.14. The van der Waals surface area contributed by atoms with Crippen LogP contribution in [0.25, 0.3) is 0 Å². The van der Waals surface area contributed by atoms with Crippen molar-refractivity contribution in [2.45, 2.75) is 6.92 Å². The van der Waals surface area contributed by atoms with Gasteiger partial charge in [-0.05, 0) is 11.1 Å². The van der Waals surface area contributed by atoms with Crippen molar-refractivity contribution in [2.24, 2.45) is 0 Å². The van der Waals surface area contributed by atoms with Crippen LogP contribution in [0, 0.1) is 0 Å². The third-order valence-electron chi connectivity index (χ3n) is 0.472. The van der Waals surface area contributed by atoms with Crippen molar-refractivity contribution in [2.75, 3.05) is 6.61 Å². The minimum absolute atomic E-state index is 0.254. The van der Waals surface area contributed by atoms with Gasteiger partial charge in [0.15, 0.2) is 0 Å². The van der Waals surface area contributed by atoms with Gasteiger partial charge in [-0.2, -0.15) is 0 Å². The van der Waals surface area contributed by atoms with Crippen molar-refractivity contribution in [1.29, 1.82) is 0 Å². The van der Waals surface area contributed by atoms with Crippen LogP contribution in [0.15, 0.2) is 11.1 Å². The molecular formula is C5H7BrO2. The van der Waals surface area contributed by atoms with E-state index >= 15 is 0 Å². The molecule has 0 amide bonds. The second-order valence-corrected chi connectivity index (χ2v) is 1.69. The minimum Gasteiger partial charge on any atom is -0.462 e. The Morgan fingerprint density at radius 2 is 2.50 bits per heavy atom. The molecule has 2 nitrogen and oxygen atoms in total. The van der Waals surface area contributed by atoms with Crippen LogP contribution in [-0.4, -0.2) is 12.6 Å². The van der Waals surface area contributed by atoms with Crippen LogP contribution in [0.2, 0.25) is 0 Å². The molecule has 0 aromatic carbocycles. The molecule has 0 radical (unpaired) electrons. The van der Waals surface area contributed by atoms with Gasteiger partial charge in [-0.1, -0.05) is 15.9 Å². The van der Waals surface area contributed by atoms with Gasteiger partial charge >= 0.3 is 5.97 Å². The molecule has 0 saturated heterocycles. The van der Waals surface area contributed by atoms with E-state index in [2.05, 4.69) is 20.7 Å². The van der Waals surface area contributed by atoms with Gasteiger partial charge in [0.2, 0.25) is 0 Å². The molecule has 8 heavy (non-hydrogen) atoms. The summed E-state index contributed by atoms with van der Waals surface area (Å²) < 4.78 is 4.53. The number of hydrogen-bond donors (Lipinski definition) is 0. The molecule has 0 aromatic heterocycles. The van der Waals surface area contributed by atoms with Gasteiger partial charge in [-0.25, -0.2) is 0 Å². The molecule has 0 bridgehead atoms. The second-order valence-electron chi connectivity index (χ2n) is 1.16. The van der Waals surface area contributed by atoms with E-state index in [1.54, 1.807) is 11.1 Å². The largest absolute Gasteiger partial charge is 0.462 e. The first kappa shape index (κ1) is 7.69. The highest BCUT2D eigenvalue weighted by molar-refractivity contribution is 9.11. The predicted octanol–water partition coefficient (Wildman–Crippen LogP) is 1.46. The van der Waals surface area contributed by atoms with E-state index in [1.165, 1.54) is 6.92 Å². The molecule has 0 aliphatic rings. The summed E-state index contributed by atoms with van der Waals surface area (Å²) in [6.45, 7) is 1.72. The van der Waals surface area contributed by atoms with Gasteiger partial charge in [0.05, 0.1) is 0 Å². The lowest BCUT2D eigenvalue weighted by Gasteiger charge is -1.91. The first-order valence-corrected chi connectivity index (χ1v) is 3.07. The molecule has 0 fully saturated rings. The Labute approximate surface area is 56.7 Å². The van der Waals surface area contributed by atoms with Gasteiger partial charge < -0.3 is 4.74 Å². The van der Waals surface area contributed by atoms with Gasteiger partial charge in [-0.15, -0.1) is 0 Å². The summed E-state index contributed by atoms with van der Waals surface area (Å²) in [4.78, 5) is 11.7. The molecule has 0 heterocycles. The van der Waals surface area contributed by atoms with Crippen molar-refractivity contribution in [3.8, 4) is 0 Å². The van der Waals surface area contributed by atoms with Crippen LogP contribution in [0.1, 0.15) is 6.92 Å². The third kappa shape index (κ3) is 5.69. The number of rotatable bonds is 2. The number of carbonyl (C=O) groups excluding carboxylic acids is 1. The summed E-state index contributed by atoms with van der Waals surface area (Å²) in [5.41, 5.74) is 0. The Balaban J connectivity index is 3.05. The number of carbonyl (C=O) groups is 1. The lowest BCUT2D eigenvalue weighted by Crippen LogP contribution is -1.96. The molecule has 0 aromatic rings. The fourth-order valence-corrected chi connectivity index (χ4v) is 0.354. The molecule has 0 unspecified atom stereocenters. The van der Waals surface area contributed by atoms with Gasteiger partial charge in [-0.3, -0.25) is 4.79 Å². The molecule has 0 saturated carbocycles. The highest BCUT2D eigenvalue weighted by Crippen LogP contribution is 1.83. The quantitative estimate of drug-likeness (QED) is 0.599. The Kier molecular flexibility index (Phi) is 4.65. The number of ether oxygens (including phenoxy) is 1. The fraction of sp³-hybridized carbons (Fsp3) is 0.400. The van der Waals surface area contributed by atoms with E-state index in [1.807, 2.05) is 0 Å². The van der Waals surface area contributed by atoms with Crippen molar-refractivity contribution >= 4 is 21.9 Å². The fourth-order valence-electron chi connectivity index (χ4n) is 0.202. The third-order valence-corrected chi connectivity index (χ3v) is 0.846. The zero-order valence-electron chi connectivity index (χ0n) is 4.56. The average Bonchev–Trinajstić information content (AvgIpc) is 1.66. The molecule has 0 spiro atoms. The highest BCUT2D eigenvalue weighted by atomic mass is 79.9. The first-order chi connectivity index (χ1) is 3.77.